The van der Waals surface area contributed by atoms with Crippen LogP contribution < -0.4 is 10.1 Å². The number of tetrazole rings is 1. The van der Waals surface area contributed by atoms with Crippen LogP contribution >= 0.6 is 0 Å². The van der Waals surface area contributed by atoms with Gasteiger partial charge in [-0.25, -0.2) is 8.78 Å². The summed E-state index contributed by atoms with van der Waals surface area (Å²) in [5.74, 6) is -4.15. The largest absolute Gasteiger partial charge is 0.449 e. The zero-order valence-corrected chi connectivity index (χ0v) is 14.1. The van der Waals surface area contributed by atoms with Crippen molar-refractivity contribution < 1.29 is 26.7 Å². The van der Waals surface area contributed by atoms with Crippen LogP contribution in [0.3, 0.4) is 0 Å². The topological polar surface area (TPSA) is 99.5 Å². The van der Waals surface area contributed by atoms with Crippen LogP contribution in [-0.2, 0) is 6.18 Å². The Kier molecular flexibility index (Phi) is 5.40. The molecule has 0 aliphatic heterocycles. The van der Waals surface area contributed by atoms with E-state index in [4.69, 9.17) is 10.00 Å². The fourth-order valence-electron chi connectivity index (χ4n) is 2.18. The van der Waals surface area contributed by atoms with Gasteiger partial charge in [0.1, 0.15) is 11.6 Å². The maximum Gasteiger partial charge on any atom is 0.416 e. The first kappa shape index (κ1) is 19.7. The average Bonchev–Trinajstić information content (AvgIpc) is 3.20. The van der Waals surface area contributed by atoms with E-state index < -0.39 is 29.1 Å². The highest BCUT2D eigenvalue weighted by Gasteiger charge is 2.33. The van der Waals surface area contributed by atoms with Gasteiger partial charge < -0.3 is 10.1 Å². The summed E-state index contributed by atoms with van der Waals surface area (Å²) >= 11 is 0. The van der Waals surface area contributed by atoms with Gasteiger partial charge in [-0.05, 0) is 29.5 Å². The van der Waals surface area contributed by atoms with Gasteiger partial charge in [-0.15, -0.1) is 10.2 Å². The lowest BCUT2D eigenvalue weighted by atomic mass is 10.2. The highest BCUT2D eigenvalue weighted by atomic mass is 19.4. The zero-order chi connectivity index (χ0) is 21.0. The summed E-state index contributed by atoms with van der Waals surface area (Å²) in [6.45, 7) is 0. The Morgan fingerprint density at radius 2 is 1.86 bits per heavy atom. The van der Waals surface area contributed by atoms with E-state index in [-0.39, 0.29) is 35.0 Å². The van der Waals surface area contributed by atoms with E-state index >= 15 is 0 Å². The molecule has 0 spiro atoms. The maximum absolute atomic E-state index is 14.0. The molecular formula is C17H9F5N6O. The van der Waals surface area contributed by atoms with E-state index in [9.17, 15) is 22.0 Å². The lowest BCUT2D eigenvalue weighted by Crippen LogP contribution is -2.07. The maximum atomic E-state index is 14.0. The number of hydrogen-bond donors (Lipinski definition) is 2. The molecule has 0 amide bonds. The van der Waals surface area contributed by atoms with Crippen molar-refractivity contribution in [3.63, 3.8) is 0 Å². The predicted octanol–water partition coefficient (Wildman–Crippen LogP) is 4.27. The van der Waals surface area contributed by atoms with Gasteiger partial charge in [0, 0.05) is 6.20 Å². The fourth-order valence-corrected chi connectivity index (χ4v) is 2.18. The summed E-state index contributed by atoms with van der Waals surface area (Å²) in [6.07, 6.45) is -3.71. The van der Waals surface area contributed by atoms with Crippen LogP contribution in [-0.4, -0.2) is 20.6 Å². The van der Waals surface area contributed by atoms with Crippen LogP contribution in [0.4, 0.5) is 27.6 Å². The third kappa shape index (κ3) is 4.46. The van der Waals surface area contributed by atoms with E-state index in [0.717, 1.165) is 0 Å². The third-order valence-electron chi connectivity index (χ3n) is 3.50. The number of halogens is 5. The molecule has 1 heterocycles. The Hall–Kier alpha value is -4.01. The fraction of sp³-hybridized carbons (Fsp3) is 0.0588. The SMILES string of the molecule is N#CC(=CNc1ccccc1Oc1c(F)cc(C(F)(F)F)cc1F)c1nn[nH]n1. The Balaban J connectivity index is 1.90. The number of ether oxygens (including phenoxy) is 1. The second-order valence-corrected chi connectivity index (χ2v) is 5.41. The molecule has 0 atom stereocenters. The van der Waals surface area contributed by atoms with E-state index in [1.54, 1.807) is 6.07 Å². The van der Waals surface area contributed by atoms with Gasteiger partial charge in [-0.1, -0.05) is 12.1 Å². The first-order valence-electron chi connectivity index (χ1n) is 7.73. The van der Waals surface area contributed by atoms with Crippen molar-refractivity contribution in [1.29, 1.82) is 5.26 Å². The van der Waals surface area contributed by atoms with Crippen LogP contribution in [0.1, 0.15) is 11.4 Å². The Morgan fingerprint density at radius 3 is 2.45 bits per heavy atom. The first-order chi connectivity index (χ1) is 13.8. The van der Waals surface area contributed by atoms with Gasteiger partial charge in [0.25, 0.3) is 0 Å². The number of aromatic amines is 1. The van der Waals surface area contributed by atoms with Crippen molar-refractivity contribution in [2.24, 2.45) is 0 Å². The van der Waals surface area contributed by atoms with Crippen LogP contribution in [0.2, 0.25) is 0 Å². The number of nitrogens with zero attached hydrogens (tertiary/aromatic N) is 4. The van der Waals surface area contributed by atoms with Gasteiger partial charge in [0.05, 0.1) is 11.3 Å². The molecule has 0 fully saturated rings. The molecule has 0 aliphatic carbocycles. The Morgan fingerprint density at radius 1 is 1.17 bits per heavy atom. The summed E-state index contributed by atoms with van der Waals surface area (Å²) in [7, 11) is 0. The number of nitriles is 1. The number of alkyl halides is 3. The minimum atomic E-state index is -4.91. The molecule has 0 saturated heterocycles. The summed E-state index contributed by atoms with van der Waals surface area (Å²) in [4.78, 5) is 0. The van der Waals surface area contributed by atoms with E-state index in [0.29, 0.717) is 0 Å². The first-order valence-corrected chi connectivity index (χ1v) is 7.73. The van der Waals surface area contributed by atoms with E-state index in [2.05, 4.69) is 25.9 Å². The molecule has 0 radical (unpaired) electrons. The molecule has 3 rings (SSSR count). The van der Waals surface area contributed by atoms with Gasteiger partial charge in [0.2, 0.25) is 5.82 Å². The molecule has 148 valence electrons. The zero-order valence-electron chi connectivity index (χ0n) is 14.1. The summed E-state index contributed by atoms with van der Waals surface area (Å²) in [5.41, 5.74) is -1.32. The molecule has 0 unspecified atom stereocenters. The van der Waals surface area contributed by atoms with Crippen LogP contribution in [0, 0.1) is 23.0 Å². The second-order valence-electron chi connectivity index (χ2n) is 5.41. The highest BCUT2D eigenvalue weighted by Crippen LogP contribution is 2.37. The molecule has 0 saturated carbocycles. The molecule has 0 aliphatic rings. The number of anilines is 1. The molecule has 2 N–H and O–H groups in total. The number of benzene rings is 2. The summed E-state index contributed by atoms with van der Waals surface area (Å²) in [5, 5.41) is 24.6. The molecule has 0 bridgehead atoms. The number of rotatable bonds is 5. The van der Waals surface area contributed by atoms with Gasteiger partial charge in [-0.2, -0.15) is 23.6 Å². The van der Waals surface area contributed by atoms with Crippen LogP contribution in [0.15, 0.2) is 42.6 Å². The van der Waals surface area contributed by atoms with Crippen molar-refractivity contribution in [1.82, 2.24) is 20.6 Å². The lowest BCUT2D eigenvalue weighted by molar-refractivity contribution is -0.138. The standard InChI is InChI=1S/C17H9F5N6O/c18-11-5-10(17(20,21)22)6-12(19)15(11)29-14-4-2-1-3-13(14)24-8-9(7-23)16-25-27-28-26-16/h1-6,8,24H,(H,25,26,27,28). The minimum Gasteiger partial charge on any atom is -0.449 e. The molecule has 3 aromatic rings. The molecule has 1 aromatic heterocycles. The van der Waals surface area contributed by atoms with Gasteiger partial charge >= 0.3 is 6.18 Å². The van der Waals surface area contributed by atoms with Gasteiger partial charge in [0.15, 0.2) is 23.1 Å². The lowest BCUT2D eigenvalue weighted by Gasteiger charge is -2.14. The Labute approximate surface area is 159 Å². The number of nitrogens with one attached hydrogen (secondary N) is 2. The van der Waals surface area contributed by atoms with Crippen molar-refractivity contribution in [3.8, 4) is 17.6 Å². The summed E-state index contributed by atoms with van der Waals surface area (Å²) in [6, 6.07) is 7.92. The smallest absolute Gasteiger partial charge is 0.416 e. The van der Waals surface area contributed by atoms with Crippen LogP contribution in [0.25, 0.3) is 5.57 Å². The van der Waals surface area contributed by atoms with E-state index in [1.165, 1.54) is 24.4 Å². The van der Waals surface area contributed by atoms with Crippen LogP contribution in [0.5, 0.6) is 11.5 Å². The van der Waals surface area contributed by atoms with Crippen molar-refractivity contribution in [3.05, 3.63) is 65.6 Å². The van der Waals surface area contributed by atoms with Crippen molar-refractivity contribution in [2.45, 2.75) is 6.18 Å². The number of para-hydroxylation sites is 2. The number of allylic oxidation sites excluding steroid dienone is 1. The molecule has 2 aromatic carbocycles. The minimum absolute atomic E-state index is 0.00164. The Bertz CT molecular complexity index is 1070. The molecule has 29 heavy (non-hydrogen) atoms. The molecular weight excluding hydrogens is 399 g/mol. The van der Waals surface area contributed by atoms with Gasteiger partial charge in [-0.3, -0.25) is 0 Å². The quantitative estimate of drug-likeness (QED) is 0.483. The van der Waals surface area contributed by atoms with Crippen molar-refractivity contribution in [2.75, 3.05) is 5.32 Å². The number of aromatic nitrogens is 4. The van der Waals surface area contributed by atoms with Crippen molar-refractivity contribution >= 4 is 11.3 Å². The average molecular weight is 408 g/mol. The number of H-pyrrole nitrogens is 1. The monoisotopic (exact) mass is 408 g/mol. The number of hydrogen-bond acceptors (Lipinski definition) is 6. The second kappa shape index (κ2) is 7.93. The normalized spacial score (nSPS) is 11.8. The highest BCUT2D eigenvalue weighted by molar-refractivity contribution is 5.75. The molecule has 7 nitrogen and oxygen atoms in total. The summed E-state index contributed by atoms with van der Waals surface area (Å²) < 4.78 is 71.2. The van der Waals surface area contributed by atoms with E-state index in [1.807, 2.05) is 6.07 Å². The molecule has 12 heteroatoms. The third-order valence-corrected chi connectivity index (χ3v) is 3.50. The predicted molar refractivity (Wildman–Crippen MR) is 89.3 cm³/mol.